The van der Waals surface area contributed by atoms with Crippen LogP contribution in [0.3, 0.4) is 0 Å². The number of hydrogen-bond acceptors (Lipinski definition) is 3. The minimum Gasteiger partial charge on any atom is -0.387 e. The number of nitrogens with zero attached hydrogens (tertiary/aromatic N) is 2. The predicted octanol–water partition coefficient (Wildman–Crippen LogP) is 2.07. The van der Waals surface area contributed by atoms with Crippen LogP contribution in [0, 0.1) is 12.8 Å². The van der Waals surface area contributed by atoms with E-state index in [1.807, 2.05) is 41.0 Å². The molecular weight excluding hydrogens is 330 g/mol. The third-order valence-corrected chi connectivity index (χ3v) is 5.37. The van der Waals surface area contributed by atoms with E-state index in [2.05, 4.69) is 5.32 Å². The number of carbonyl (C=O) groups excluding carboxylic acids is 2. The monoisotopic (exact) mass is 359 g/mol. The molecule has 1 aromatic carbocycles. The van der Waals surface area contributed by atoms with E-state index in [0.29, 0.717) is 6.54 Å². The Bertz CT molecular complexity index is 626. The number of piperidine rings is 1. The third-order valence-electron chi connectivity index (χ3n) is 5.37. The Morgan fingerprint density at radius 3 is 2.46 bits per heavy atom. The van der Waals surface area contributed by atoms with Crippen molar-refractivity contribution in [3.8, 4) is 0 Å². The van der Waals surface area contributed by atoms with E-state index in [9.17, 15) is 14.7 Å². The van der Waals surface area contributed by atoms with E-state index >= 15 is 0 Å². The van der Waals surface area contributed by atoms with Crippen molar-refractivity contribution in [3.63, 3.8) is 0 Å². The zero-order valence-corrected chi connectivity index (χ0v) is 15.5. The summed E-state index contributed by atoms with van der Waals surface area (Å²) >= 11 is 0. The van der Waals surface area contributed by atoms with Crippen molar-refractivity contribution < 1.29 is 14.7 Å². The molecule has 2 aliphatic heterocycles. The molecule has 0 spiro atoms. The molecule has 2 atom stereocenters. The smallest absolute Gasteiger partial charge is 0.320 e. The van der Waals surface area contributed by atoms with Crippen LogP contribution in [0.15, 0.2) is 24.3 Å². The van der Waals surface area contributed by atoms with E-state index in [1.54, 1.807) is 0 Å². The van der Waals surface area contributed by atoms with Crippen LogP contribution in [0.1, 0.15) is 42.9 Å². The summed E-state index contributed by atoms with van der Waals surface area (Å²) in [6.07, 6.45) is 3.06. The second-order valence-corrected chi connectivity index (χ2v) is 7.43. The lowest BCUT2D eigenvalue weighted by Crippen LogP contribution is -2.49. The highest BCUT2D eigenvalue weighted by molar-refractivity contribution is 5.81. The molecule has 0 saturated carbocycles. The van der Waals surface area contributed by atoms with E-state index in [1.165, 1.54) is 0 Å². The van der Waals surface area contributed by atoms with Gasteiger partial charge in [0, 0.05) is 32.7 Å². The van der Waals surface area contributed by atoms with Crippen molar-refractivity contribution >= 4 is 11.9 Å². The van der Waals surface area contributed by atoms with Gasteiger partial charge in [-0.3, -0.25) is 4.79 Å². The summed E-state index contributed by atoms with van der Waals surface area (Å²) in [5.41, 5.74) is 1.93. The van der Waals surface area contributed by atoms with E-state index < -0.39 is 6.10 Å². The number of carbonyl (C=O) groups is 2. The Morgan fingerprint density at radius 2 is 1.77 bits per heavy atom. The molecule has 6 nitrogen and oxygen atoms in total. The van der Waals surface area contributed by atoms with Crippen molar-refractivity contribution in [2.45, 2.75) is 38.7 Å². The van der Waals surface area contributed by atoms with Gasteiger partial charge in [0.25, 0.3) is 0 Å². The molecule has 0 radical (unpaired) electrons. The molecule has 26 heavy (non-hydrogen) atoms. The predicted molar refractivity (Wildman–Crippen MR) is 99.6 cm³/mol. The number of benzene rings is 1. The maximum Gasteiger partial charge on any atom is 0.320 e. The summed E-state index contributed by atoms with van der Waals surface area (Å²) in [6.45, 7) is 5.05. The van der Waals surface area contributed by atoms with Gasteiger partial charge in [-0.05, 0) is 38.2 Å². The Kier molecular flexibility index (Phi) is 6.14. The Labute approximate surface area is 155 Å². The summed E-state index contributed by atoms with van der Waals surface area (Å²) in [5, 5.41) is 13.1. The van der Waals surface area contributed by atoms with Gasteiger partial charge in [0.1, 0.15) is 0 Å². The van der Waals surface area contributed by atoms with Crippen LogP contribution in [-0.2, 0) is 4.79 Å². The number of amides is 3. The first-order valence-electron chi connectivity index (χ1n) is 9.61. The van der Waals surface area contributed by atoms with Gasteiger partial charge >= 0.3 is 6.03 Å². The quantitative estimate of drug-likeness (QED) is 0.864. The van der Waals surface area contributed by atoms with Crippen LogP contribution in [0.25, 0.3) is 0 Å². The maximum absolute atomic E-state index is 12.5. The Hall–Kier alpha value is -2.08. The average Bonchev–Trinajstić information content (AvgIpc) is 3.20. The zero-order chi connectivity index (χ0) is 18.5. The number of likely N-dealkylation sites (tertiary alicyclic amines) is 2. The molecule has 3 amide bonds. The van der Waals surface area contributed by atoms with Crippen molar-refractivity contribution in [2.75, 3.05) is 32.7 Å². The van der Waals surface area contributed by atoms with Gasteiger partial charge in [0.15, 0.2) is 0 Å². The summed E-state index contributed by atoms with van der Waals surface area (Å²) in [5.74, 6) is -0.268. The molecule has 2 fully saturated rings. The van der Waals surface area contributed by atoms with Gasteiger partial charge < -0.3 is 20.2 Å². The SMILES string of the molecule is Cc1ccc([C@@H](O)CNC(=O)[C@@H]2CCCN(C(=O)N3CCCC3)C2)cc1. The molecule has 142 valence electrons. The molecule has 2 aliphatic rings. The van der Waals surface area contributed by atoms with Crippen molar-refractivity contribution in [2.24, 2.45) is 5.92 Å². The molecule has 3 rings (SSSR count). The first-order chi connectivity index (χ1) is 12.5. The fourth-order valence-electron chi connectivity index (χ4n) is 3.72. The van der Waals surface area contributed by atoms with Crippen LogP contribution in [0.5, 0.6) is 0 Å². The topological polar surface area (TPSA) is 72.9 Å². The minimum absolute atomic E-state index is 0.0692. The largest absolute Gasteiger partial charge is 0.387 e. The molecule has 0 bridgehead atoms. The lowest BCUT2D eigenvalue weighted by atomic mass is 9.97. The second-order valence-electron chi connectivity index (χ2n) is 7.43. The molecule has 1 aromatic rings. The van der Waals surface area contributed by atoms with Gasteiger partial charge in [-0.15, -0.1) is 0 Å². The molecule has 2 saturated heterocycles. The van der Waals surface area contributed by atoms with Gasteiger partial charge in [-0.2, -0.15) is 0 Å². The molecule has 0 unspecified atom stereocenters. The lowest BCUT2D eigenvalue weighted by molar-refractivity contribution is -0.126. The number of rotatable bonds is 4. The fraction of sp³-hybridized carbons (Fsp3) is 0.600. The number of aryl methyl sites for hydroxylation is 1. The highest BCUT2D eigenvalue weighted by Crippen LogP contribution is 2.20. The lowest BCUT2D eigenvalue weighted by Gasteiger charge is -2.34. The highest BCUT2D eigenvalue weighted by atomic mass is 16.3. The Morgan fingerprint density at radius 1 is 1.12 bits per heavy atom. The van der Waals surface area contributed by atoms with Gasteiger partial charge in [0.05, 0.1) is 12.0 Å². The van der Waals surface area contributed by atoms with E-state index in [-0.39, 0.29) is 24.4 Å². The Balaban J connectivity index is 1.49. The zero-order valence-electron chi connectivity index (χ0n) is 15.5. The standard InChI is InChI=1S/C20H29N3O3/c1-15-6-8-16(9-7-15)18(24)13-21-19(25)17-5-4-12-23(14-17)20(26)22-10-2-3-11-22/h6-9,17-18,24H,2-5,10-14H2,1H3,(H,21,25)/t17-,18+/m1/s1. The van der Waals surface area contributed by atoms with Crippen molar-refractivity contribution in [3.05, 3.63) is 35.4 Å². The van der Waals surface area contributed by atoms with Crippen LogP contribution in [0.2, 0.25) is 0 Å². The van der Waals surface area contributed by atoms with Crippen LogP contribution in [0.4, 0.5) is 4.79 Å². The van der Waals surface area contributed by atoms with E-state index in [4.69, 9.17) is 0 Å². The van der Waals surface area contributed by atoms with E-state index in [0.717, 1.165) is 56.4 Å². The number of nitrogens with one attached hydrogen (secondary N) is 1. The first kappa shape index (κ1) is 18.7. The fourth-order valence-corrected chi connectivity index (χ4v) is 3.72. The molecule has 2 heterocycles. The first-order valence-corrected chi connectivity index (χ1v) is 9.61. The molecular formula is C20H29N3O3. The van der Waals surface area contributed by atoms with Crippen LogP contribution >= 0.6 is 0 Å². The van der Waals surface area contributed by atoms with Crippen LogP contribution in [-0.4, -0.2) is 59.6 Å². The molecule has 0 aromatic heterocycles. The van der Waals surface area contributed by atoms with Crippen LogP contribution < -0.4 is 5.32 Å². The van der Waals surface area contributed by atoms with Crippen molar-refractivity contribution in [1.29, 1.82) is 0 Å². The number of aliphatic hydroxyl groups excluding tert-OH is 1. The highest BCUT2D eigenvalue weighted by Gasteiger charge is 2.31. The average molecular weight is 359 g/mol. The normalized spacial score (nSPS) is 21.5. The third kappa shape index (κ3) is 4.55. The number of aliphatic hydroxyl groups is 1. The summed E-state index contributed by atoms with van der Waals surface area (Å²) in [6, 6.07) is 7.72. The molecule has 0 aliphatic carbocycles. The van der Waals surface area contributed by atoms with Gasteiger partial charge in [-0.25, -0.2) is 4.79 Å². The minimum atomic E-state index is -0.717. The molecule has 6 heteroatoms. The van der Waals surface area contributed by atoms with Gasteiger partial charge in [0.2, 0.25) is 5.91 Å². The summed E-state index contributed by atoms with van der Waals surface area (Å²) in [4.78, 5) is 28.7. The summed E-state index contributed by atoms with van der Waals surface area (Å²) < 4.78 is 0. The number of hydrogen-bond donors (Lipinski definition) is 2. The molecule has 2 N–H and O–H groups in total. The summed E-state index contributed by atoms with van der Waals surface area (Å²) in [7, 11) is 0. The number of urea groups is 1. The van der Waals surface area contributed by atoms with Crippen molar-refractivity contribution in [1.82, 2.24) is 15.1 Å². The maximum atomic E-state index is 12.5. The van der Waals surface area contributed by atoms with Gasteiger partial charge in [-0.1, -0.05) is 29.8 Å². The second kappa shape index (κ2) is 8.54.